The van der Waals surface area contributed by atoms with Gasteiger partial charge in [-0.1, -0.05) is 24.3 Å². The van der Waals surface area contributed by atoms with E-state index in [1.807, 2.05) is 48.8 Å². The highest BCUT2D eigenvalue weighted by Crippen LogP contribution is 2.43. The second-order valence-corrected chi connectivity index (χ2v) is 7.43. The van der Waals surface area contributed by atoms with Crippen molar-refractivity contribution in [2.75, 3.05) is 13.6 Å². The Morgan fingerprint density at radius 2 is 2.08 bits per heavy atom. The Hall–Kier alpha value is -2.73. The Balaban J connectivity index is 1.81. The van der Waals surface area contributed by atoms with Crippen molar-refractivity contribution in [3.05, 3.63) is 58.7 Å². The first-order valence-electron chi connectivity index (χ1n) is 8.23. The van der Waals surface area contributed by atoms with Gasteiger partial charge in [0.1, 0.15) is 16.8 Å². The predicted molar refractivity (Wildman–Crippen MR) is 98.7 cm³/mol. The number of pyridine rings is 1. The van der Waals surface area contributed by atoms with E-state index in [0.717, 1.165) is 45.6 Å². The molecular formula is C19H16N4OS. The number of hydrogen-bond acceptors (Lipinski definition) is 4. The monoisotopic (exact) mass is 348 g/mol. The lowest BCUT2D eigenvalue weighted by atomic mass is 9.83. The summed E-state index contributed by atoms with van der Waals surface area (Å²) in [5.74, 6) is 0.823. The zero-order valence-electron chi connectivity index (χ0n) is 13.7. The summed E-state index contributed by atoms with van der Waals surface area (Å²) in [7, 11) is 1.86. The second-order valence-electron chi connectivity index (χ2n) is 6.48. The molecule has 1 fully saturated rings. The van der Waals surface area contributed by atoms with Crippen LogP contribution in [-0.4, -0.2) is 39.4 Å². The normalized spacial score (nSPS) is 20.8. The molecule has 1 atom stereocenters. The van der Waals surface area contributed by atoms with E-state index in [9.17, 15) is 4.79 Å². The number of nitrogens with one attached hydrogen (secondary N) is 1. The SMILES string of the molecule is CN1CCC(c2nc3cnc4ccccc4c3[nH]2)(c2cccs2)C1=O. The molecule has 0 saturated carbocycles. The topological polar surface area (TPSA) is 61.9 Å². The fraction of sp³-hybridized carbons (Fsp3) is 0.211. The minimum atomic E-state index is -0.719. The molecule has 0 spiro atoms. The van der Waals surface area contributed by atoms with E-state index >= 15 is 0 Å². The van der Waals surface area contributed by atoms with Gasteiger partial charge in [0.25, 0.3) is 0 Å². The smallest absolute Gasteiger partial charge is 0.241 e. The maximum Gasteiger partial charge on any atom is 0.241 e. The summed E-state index contributed by atoms with van der Waals surface area (Å²) in [5.41, 5.74) is 1.94. The highest BCUT2D eigenvalue weighted by Gasteiger charge is 2.51. The van der Waals surface area contributed by atoms with Crippen LogP contribution >= 0.6 is 11.3 Å². The second kappa shape index (κ2) is 5.13. The molecule has 5 rings (SSSR count). The first-order valence-corrected chi connectivity index (χ1v) is 9.11. The number of carbonyl (C=O) groups is 1. The molecule has 1 aromatic carbocycles. The van der Waals surface area contributed by atoms with Crippen LogP contribution in [-0.2, 0) is 10.2 Å². The van der Waals surface area contributed by atoms with Crippen molar-refractivity contribution < 1.29 is 4.79 Å². The number of H-pyrrole nitrogens is 1. The van der Waals surface area contributed by atoms with Gasteiger partial charge in [-0.05, 0) is 23.9 Å². The summed E-state index contributed by atoms with van der Waals surface area (Å²) < 4.78 is 0. The standard InChI is InChI=1S/C19H16N4OS/c1-23-9-8-19(18(23)24,15-7-4-10-25-15)17-21-14-11-20-13-6-3-2-5-12(13)16(14)22-17/h2-7,10-11H,8-9H2,1H3,(H,21,22). The van der Waals surface area contributed by atoms with Gasteiger partial charge >= 0.3 is 0 Å². The molecule has 4 heterocycles. The minimum absolute atomic E-state index is 0.103. The number of rotatable bonds is 2. The minimum Gasteiger partial charge on any atom is -0.345 e. The predicted octanol–water partition coefficient (Wildman–Crippen LogP) is 3.32. The molecule has 1 N–H and O–H groups in total. The number of aromatic nitrogens is 3. The zero-order chi connectivity index (χ0) is 17.0. The van der Waals surface area contributed by atoms with Gasteiger partial charge in [0.05, 0.1) is 17.2 Å². The molecule has 1 unspecified atom stereocenters. The summed E-state index contributed by atoms with van der Waals surface area (Å²) in [5, 5.41) is 3.04. The van der Waals surface area contributed by atoms with Crippen LogP contribution in [0.3, 0.4) is 0 Å². The lowest BCUT2D eigenvalue weighted by Gasteiger charge is -2.23. The molecule has 124 valence electrons. The van der Waals surface area contributed by atoms with Gasteiger partial charge in [0.15, 0.2) is 0 Å². The van der Waals surface area contributed by atoms with Crippen LogP contribution in [0.1, 0.15) is 17.1 Å². The number of carbonyl (C=O) groups excluding carboxylic acids is 1. The quantitative estimate of drug-likeness (QED) is 0.604. The third-order valence-corrected chi connectivity index (χ3v) is 6.14. The van der Waals surface area contributed by atoms with E-state index in [1.165, 1.54) is 0 Å². The summed E-state index contributed by atoms with van der Waals surface area (Å²) in [4.78, 5) is 28.7. The van der Waals surface area contributed by atoms with Crippen LogP contribution < -0.4 is 0 Å². The lowest BCUT2D eigenvalue weighted by molar-refractivity contribution is -0.130. The number of thiophene rings is 1. The Morgan fingerprint density at radius 1 is 1.20 bits per heavy atom. The van der Waals surface area contributed by atoms with Crippen molar-refractivity contribution in [3.63, 3.8) is 0 Å². The van der Waals surface area contributed by atoms with Gasteiger partial charge in [-0.3, -0.25) is 9.78 Å². The van der Waals surface area contributed by atoms with Gasteiger partial charge in [0, 0.05) is 23.9 Å². The van der Waals surface area contributed by atoms with E-state index in [1.54, 1.807) is 22.4 Å². The van der Waals surface area contributed by atoms with Crippen LogP contribution in [0, 0.1) is 0 Å². The molecule has 25 heavy (non-hydrogen) atoms. The van der Waals surface area contributed by atoms with E-state index in [-0.39, 0.29) is 5.91 Å². The summed E-state index contributed by atoms with van der Waals surface area (Å²) >= 11 is 1.61. The third kappa shape index (κ3) is 1.91. The van der Waals surface area contributed by atoms with E-state index in [2.05, 4.69) is 9.97 Å². The molecule has 0 bridgehead atoms. The Labute approximate surface area is 148 Å². The molecule has 0 aliphatic carbocycles. The molecule has 6 heteroatoms. The van der Waals surface area contributed by atoms with E-state index < -0.39 is 5.41 Å². The van der Waals surface area contributed by atoms with Gasteiger partial charge in [-0.15, -0.1) is 11.3 Å². The number of fused-ring (bicyclic) bond motifs is 3. The number of para-hydroxylation sites is 1. The Morgan fingerprint density at radius 3 is 2.84 bits per heavy atom. The van der Waals surface area contributed by atoms with Crippen molar-refractivity contribution in [1.29, 1.82) is 0 Å². The maximum atomic E-state index is 13.1. The molecule has 0 radical (unpaired) electrons. The van der Waals surface area contributed by atoms with Gasteiger partial charge in [0.2, 0.25) is 5.91 Å². The number of likely N-dealkylation sites (tertiary alicyclic amines) is 1. The summed E-state index contributed by atoms with van der Waals surface area (Å²) in [6.07, 6.45) is 2.51. The number of nitrogens with zero attached hydrogens (tertiary/aromatic N) is 3. The van der Waals surface area contributed by atoms with Crippen molar-refractivity contribution >= 4 is 39.2 Å². The van der Waals surface area contributed by atoms with Gasteiger partial charge in [-0.2, -0.15) is 0 Å². The number of hydrogen-bond donors (Lipinski definition) is 1. The average molecular weight is 348 g/mol. The first kappa shape index (κ1) is 14.6. The molecule has 5 nitrogen and oxygen atoms in total. The number of likely N-dealkylation sites (N-methyl/N-ethyl adjacent to an activating group) is 1. The van der Waals surface area contributed by atoms with Crippen molar-refractivity contribution in [2.24, 2.45) is 0 Å². The molecule has 1 saturated heterocycles. The Bertz CT molecular complexity index is 1100. The van der Waals surface area contributed by atoms with E-state index in [0.29, 0.717) is 0 Å². The van der Waals surface area contributed by atoms with Crippen LogP contribution in [0.5, 0.6) is 0 Å². The third-order valence-electron chi connectivity index (χ3n) is 5.11. The first-order chi connectivity index (χ1) is 12.2. The largest absolute Gasteiger partial charge is 0.345 e. The summed E-state index contributed by atoms with van der Waals surface area (Å²) in [6, 6.07) is 12.0. The number of imidazole rings is 1. The van der Waals surface area contributed by atoms with Crippen molar-refractivity contribution in [2.45, 2.75) is 11.8 Å². The maximum absolute atomic E-state index is 13.1. The molecule has 3 aromatic heterocycles. The van der Waals surface area contributed by atoms with Crippen molar-refractivity contribution in [3.8, 4) is 0 Å². The van der Waals surface area contributed by atoms with Crippen LogP contribution in [0.15, 0.2) is 48.0 Å². The number of aromatic amines is 1. The lowest BCUT2D eigenvalue weighted by Crippen LogP contribution is -2.37. The number of amides is 1. The molecule has 4 aromatic rings. The highest BCUT2D eigenvalue weighted by molar-refractivity contribution is 7.10. The average Bonchev–Trinajstić information content (AvgIpc) is 3.36. The zero-order valence-corrected chi connectivity index (χ0v) is 14.5. The van der Waals surface area contributed by atoms with Crippen LogP contribution in [0.25, 0.3) is 21.9 Å². The number of benzene rings is 1. The molecule has 1 aliphatic rings. The van der Waals surface area contributed by atoms with Crippen molar-refractivity contribution in [1.82, 2.24) is 19.9 Å². The molecule has 1 aliphatic heterocycles. The van der Waals surface area contributed by atoms with Gasteiger partial charge < -0.3 is 9.88 Å². The van der Waals surface area contributed by atoms with Crippen LogP contribution in [0.2, 0.25) is 0 Å². The Kier molecular flexibility index (Phi) is 3.00. The molecular weight excluding hydrogens is 332 g/mol. The fourth-order valence-electron chi connectivity index (χ4n) is 3.77. The summed E-state index contributed by atoms with van der Waals surface area (Å²) in [6.45, 7) is 0.729. The fourth-order valence-corrected chi connectivity index (χ4v) is 4.72. The van der Waals surface area contributed by atoms with Gasteiger partial charge in [-0.25, -0.2) is 4.98 Å². The van der Waals surface area contributed by atoms with E-state index in [4.69, 9.17) is 4.98 Å². The molecule has 1 amide bonds. The van der Waals surface area contributed by atoms with Crippen LogP contribution in [0.4, 0.5) is 0 Å². The highest BCUT2D eigenvalue weighted by atomic mass is 32.1.